The lowest BCUT2D eigenvalue weighted by Gasteiger charge is -2.24. The fraction of sp³-hybridized carbons (Fsp3) is 0.278. The van der Waals surface area contributed by atoms with Crippen LogP contribution < -0.4 is 14.9 Å². The van der Waals surface area contributed by atoms with Crippen molar-refractivity contribution in [3.8, 4) is 0 Å². The third-order valence-corrected chi connectivity index (χ3v) is 4.85. The number of nitrogens with zero attached hydrogens (tertiary/aromatic N) is 1. The van der Waals surface area contributed by atoms with Gasteiger partial charge in [-0.15, -0.1) is 0 Å². The molecule has 0 bridgehead atoms. The van der Waals surface area contributed by atoms with Crippen molar-refractivity contribution in [2.45, 2.75) is 13.8 Å². The zero-order valence-electron chi connectivity index (χ0n) is 14.6. The fourth-order valence-electron chi connectivity index (χ4n) is 2.42. The van der Waals surface area contributed by atoms with E-state index in [0.29, 0.717) is 11.4 Å². The Bertz CT molecular complexity index is 836. The molecule has 0 spiro atoms. The van der Waals surface area contributed by atoms with Crippen molar-refractivity contribution in [1.29, 1.82) is 0 Å². The summed E-state index contributed by atoms with van der Waals surface area (Å²) in [4.78, 5) is 11.9. The summed E-state index contributed by atoms with van der Waals surface area (Å²) in [5, 5.41) is 5.38. The number of amides is 2. The number of anilines is 2. The molecule has 6 nitrogen and oxygen atoms in total. The molecule has 0 aromatic heterocycles. The van der Waals surface area contributed by atoms with Gasteiger partial charge in [0.1, 0.15) is 0 Å². The average Bonchev–Trinajstić information content (AvgIpc) is 2.54. The lowest BCUT2D eigenvalue weighted by molar-refractivity contribution is 0.252. The fourth-order valence-corrected chi connectivity index (χ4v) is 3.40. The molecular weight excluding hydrogens is 338 g/mol. The number of aryl methyl sites for hydroxylation is 2. The van der Waals surface area contributed by atoms with E-state index in [1.54, 1.807) is 12.1 Å². The smallest absolute Gasteiger partial charge is 0.319 e. The Balaban J connectivity index is 2.02. The van der Waals surface area contributed by atoms with Crippen LogP contribution in [-0.2, 0) is 10.0 Å². The molecule has 0 fully saturated rings. The van der Waals surface area contributed by atoms with Crippen LogP contribution in [0.4, 0.5) is 16.2 Å². The highest BCUT2D eigenvalue weighted by Crippen LogP contribution is 2.23. The van der Waals surface area contributed by atoms with Gasteiger partial charge in [-0.2, -0.15) is 0 Å². The van der Waals surface area contributed by atoms with Gasteiger partial charge >= 0.3 is 6.03 Å². The first-order valence-corrected chi connectivity index (χ1v) is 9.77. The van der Waals surface area contributed by atoms with Crippen LogP contribution in [0.25, 0.3) is 0 Å². The topological polar surface area (TPSA) is 78.5 Å². The molecule has 2 aromatic carbocycles. The first kappa shape index (κ1) is 18.8. The Hall–Kier alpha value is -2.54. The molecule has 0 unspecified atom stereocenters. The Morgan fingerprint density at radius 2 is 1.76 bits per heavy atom. The SMILES string of the molecule is Cc1ccc(C)c(N(CCNC(=O)Nc2ccccc2)S(C)(=O)=O)c1. The Labute approximate surface area is 148 Å². The van der Waals surface area contributed by atoms with Gasteiger partial charge in [0.2, 0.25) is 10.0 Å². The first-order valence-electron chi connectivity index (χ1n) is 7.92. The van der Waals surface area contributed by atoms with Crippen molar-refractivity contribution in [3.63, 3.8) is 0 Å². The molecule has 0 saturated heterocycles. The van der Waals surface area contributed by atoms with Gasteiger partial charge in [0.15, 0.2) is 0 Å². The van der Waals surface area contributed by atoms with E-state index < -0.39 is 10.0 Å². The predicted octanol–water partition coefficient (Wildman–Crippen LogP) is 2.89. The highest BCUT2D eigenvalue weighted by atomic mass is 32.2. The van der Waals surface area contributed by atoms with Crippen molar-refractivity contribution in [2.24, 2.45) is 0 Å². The molecule has 0 atom stereocenters. The number of benzene rings is 2. The second-order valence-electron chi connectivity index (χ2n) is 5.87. The normalized spacial score (nSPS) is 11.0. The van der Waals surface area contributed by atoms with E-state index in [9.17, 15) is 13.2 Å². The summed E-state index contributed by atoms with van der Waals surface area (Å²) >= 11 is 0. The maximum atomic E-state index is 12.2. The number of rotatable bonds is 6. The number of hydrogen-bond donors (Lipinski definition) is 2. The highest BCUT2D eigenvalue weighted by molar-refractivity contribution is 7.92. The van der Waals surface area contributed by atoms with Crippen molar-refractivity contribution >= 4 is 27.4 Å². The van der Waals surface area contributed by atoms with Crippen molar-refractivity contribution in [1.82, 2.24) is 5.32 Å². The molecule has 134 valence electrons. The minimum absolute atomic E-state index is 0.158. The number of para-hydroxylation sites is 1. The van der Waals surface area contributed by atoms with Crippen molar-refractivity contribution in [2.75, 3.05) is 29.0 Å². The molecule has 0 radical (unpaired) electrons. The number of nitrogens with one attached hydrogen (secondary N) is 2. The molecule has 2 N–H and O–H groups in total. The largest absolute Gasteiger partial charge is 0.336 e. The molecule has 25 heavy (non-hydrogen) atoms. The third-order valence-electron chi connectivity index (χ3n) is 3.67. The van der Waals surface area contributed by atoms with Crippen LogP contribution in [0.5, 0.6) is 0 Å². The van der Waals surface area contributed by atoms with E-state index >= 15 is 0 Å². The number of hydrogen-bond acceptors (Lipinski definition) is 3. The van der Waals surface area contributed by atoms with Crippen LogP contribution in [0.3, 0.4) is 0 Å². The summed E-state index contributed by atoms with van der Waals surface area (Å²) in [6, 6.07) is 14.3. The molecule has 0 aliphatic rings. The van der Waals surface area contributed by atoms with E-state index in [1.807, 2.05) is 50.2 Å². The second kappa shape index (κ2) is 8.02. The Morgan fingerprint density at radius 3 is 2.40 bits per heavy atom. The number of sulfonamides is 1. The van der Waals surface area contributed by atoms with E-state index in [4.69, 9.17) is 0 Å². The highest BCUT2D eigenvalue weighted by Gasteiger charge is 2.19. The van der Waals surface area contributed by atoms with Gasteiger partial charge in [0.05, 0.1) is 18.5 Å². The van der Waals surface area contributed by atoms with E-state index in [0.717, 1.165) is 11.1 Å². The zero-order chi connectivity index (χ0) is 18.4. The number of carbonyl (C=O) groups excluding carboxylic acids is 1. The van der Waals surface area contributed by atoms with Crippen LogP contribution in [0.1, 0.15) is 11.1 Å². The molecule has 7 heteroatoms. The monoisotopic (exact) mass is 361 g/mol. The molecule has 2 rings (SSSR count). The van der Waals surface area contributed by atoms with E-state index in [-0.39, 0.29) is 19.1 Å². The predicted molar refractivity (Wildman–Crippen MR) is 102 cm³/mol. The number of carbonyl (C=O) groups is 1. The van der Waals surface area contributed by atoms with E-state index in [1.165, 1.54) is 10.6 Å². The van der Waals surface area contributed by atoms with Crippen LogP contribution in [-0.4, -0.2) is 33.8 Å². The summed E-state index contributed by atoms with van der Waals surface area (Å²) in [7, 11) is -3.45. The van der Waals surface area contributed by atoms with Crippen LogP contribution in [0.2, 0.25) is 0 Å². The van der Waals surface area contributed by atoms with Gasteiger partial charge in [0.25, 0.3) is 0 Å². The van der Waals surface area contributed by atoms with Gasteiger partial charge in [-0.05, 0) is 43.2 Å². The maximum absolute atomic E-state index is 12.2. The molecular formula is C18H23N3O3S. The molecule has 0 saturated carbocycles. The van der Waals surface area contributed by atoms with Crippen molar-refractivity contribution < 1.29 is 13.2 Å². The average molecular weight is 361 g/mol. The lowest BCUT2D eigenvalue weighted by atomic mass is 10.1. The maximum Gasteiger partial charge on any atom is 0.319 e. The summed E-state index contributed by atoms with van der Waals surface area (Å²) in [6.07, 6.45) is 1.17. The first-order chi connectivity index (χ1) is 11.8. The third kappa shape index (κ3) is 5.49. The Morgan fingerprint density at radius 1 is 1.08 bits per heavy atom. The van der Waals surface area contributed by atoms with Crippen LogP contribution in [0, 0.1) is 13.8 Å². The molecule has 0 heterocycles. The zero-order valence-corrected chi connectivity index (χ0v) is 15.4. The summed E-state index contributed by atoms with van der Waals surface area (Å²) < 4.78 is 25.6. The summed E-state index contributed by atoms with van der Waals surface area (Å²) in [5.74, 6) is 0. The lowest BCUT2D eigenvalue weighted by Crippen LogP contribution is -2.39. The van der Waals surface area contributed by atoms with Gasteiger partial charge in [-0.1, -0.05) is 30.3 Å². The molecule has 2 amide bonds. The Kier molecular flexibility index (Phi) is 6.03. The van der Waals surface area contributed by atoms with Gasteiger partial charge in [-0.25, -0.2) is 13.2 Å². The van der Waals surface area contributed by atoms with Crippen LogP contribution >= 0.6 is 0 Å². The van der Waals surface area contributed by atoms with Gasteiger partial charge in [-0.3, -0.25) is 4.31 Å². The summed E-state index contributed by atoms with van der Waals surface area (Å²) in [6.45, 7) is 4.13. The van der Waals surface area contributed by atoms with Gasteiger partial charge in [0, 0.05) is 12.2 Å². The molecule has 0 aliphatic heterocycles. The quantitative estimate of drug-likeness (QED) is 0.830. The van der Waals surface area contributed by atoms with Gasteiger partial charge < -0.3 is 10.6 Å². The summed E-state index contributed by atoms with van der Waals surface area (Å²) in [5.41, 5.74) is 3.15. The minimum atomic E-state index is -3.45. The second-order valence-corrected chi connectivity index (χ2v) is 7.78. The molecule has 2 aromatic rings. The standard InChI is InChI=1S/C18H23N3O3S/c1-14-9-10-15(2)17(13-14)21(25(3,23)24)12-11-19-18(22)20-16-7-5-4-6-8-16/h4-10,13H,11-12H2,1-3H3,(H2,19,20,22). The minimum Gasteiger partial charge on any atom is -0.336 e. The van der Waals surface area contributed by atoms with Crippen molar-refractivity contribution in [3.05, 3.63) is 59.7 Å². The van der Waals surface area contributed by atoms with Crippen LogP contribution in [0.15, 0.2) is 48.5 Å². The van der Waals surface area contributed by atoms with E-state index in [2.05, 4.69) is 10.6 Å². The number of urea groups is 1. The molecule has 0 aliphatic carbocycles.